The van der Waals surface area contributed by atoms with E-state index in [0.29, 0.717) is 5.69 Å². The molecule has 0 aliphatic carbocycles. The lowest BCUT2D eigenvalue weighted by Gasteiger charge is -2.20. The van der Waals surface area contributed by atoms with Crippen molar-refractivity contribution in [3.05, 3.63) is 83.9 Å². The van der Waals surface area contributed by atoms with Gasteiger partial charge in [-0.3, -0.25) is 4.79 Å². The third-order valence-corrected chi connectivity index (χ3v) is 7.06. The van der Waals surface area contributed by atoms with E-state index in [1.54, 1.807) is 36.9 Å². The van der Waals surface area contributed by atoms with E-state index in [2.05, 4.69) is 10.0 Å². The van der Waals surface area contributed by atoms with Crippen LogP contribution in [0.2, 0.25) is 0 Å². The Labute approximate surface area is 193 Å². The minimum atomic E-state index is -4.03. The fourth-order valence-electron chi connectivity index (χ4n) is 3.21. The maximum Gasteiger partial charge on any atom is 0.245 e. The first-order valence-corrected chi connectivity index (χ1v) is 12.7. The molecular formula is C24H26N2O4S2. The van der Waals surface area contributed by atoms with Crippen LogP contribution in [0, 0.1) is 6.92 Å². The molecule has 8 heteroatoms. The van der Waals surface area contributed by atoms with E-state index in [-0.39, 0.29) is 17.1 Å². The largest absolute Gasteiger partial charge is 0.495 e. The molecule has 0 spiro atoms. The highest BCUT2D eigenvalue weighted by Crippen LogP contribution is 2.25. The summed E-state index contributed by atoms with van der Waals surface area (Å²) in [6.07, 6.45) is 2.14. The maximum absolute atomic E-state index is 13.2. The molecule has 0 radical (unpaired) electrons. The van der Waals surface area contributed by atoms with Crippen molar-refractivity contribution in [2.24, 2.45) is 0 Å². The average molecular weight is 471 g/mol. The molecule has 0 aliphatic rings. The van der Waals surface area contributed by atoms with E-state index in [4.69, 9.17) is 4.74 Å². The number of methoxy groups -OCH3 is 1. The lowest BCUT2D eigenvalue weighted by atomic mass is 10.1. The maximum atomic E-state index is 13.2. The smallest absolute Gasteiger partial charge is 0.245 e. The SMILES string of the molecule is COc1ccc(C)cc1S(=O)(=O)NC(Cc1ccccc1)C(=O)Nc1cccc(SC)c1. The molecule has 6 nitrogen and oxygen atoms in total. The third-order valence-electron chi connectivity index (χ3n) is 4.84. The second-order valence-corrected chi connectivity index (χ2v) is 9.80. The number of amides is 1. The van der Waals surface area contributed by atoms with Crippen LogP contribution < -0.4 is 14.8 Å². The molecule has 0 aromatic heterocycles. The number of carbonyl (C=O) groups excluding carboxylic acids is 1. The lowest BCUT2D eigenvalue weighted by molar-refractivity contribution is -0.117. The first kappa shape index (κ1) is 23.8. The number of sulfonamides is 1. The van der Waals surface area contributed by atoms with Gasteiger partial charge in [-0.25, -0.2) is 8.42 Å². The van der Waals surface area contributed by atoms with Crippen molar-refractivity contribution >= 4 is 33.4 Å². The molecule has 0 fully saturated rings. The molecule has 168 valence electrons. The topological polar surface area (TPSA) is 84.5 Å². The standard InChI is InChI=1S/C24H26N2O4S2/c1-17-12-13-22(30-2)23(14-17)32(28,29)26-21(15-18-8-5-4-6-9-18)24(27)25-19-10-7-11-20(16-19)31-3/h4-14,16,21,26H,15H2,1-3H3,(H,25,27). The summed E-state index contributed by atoms with van der Waals surface area (Å²) in [6, 6.07) is 20.6. The predicted molar refractivity (Wildman–Crippen MR) is 129 cm³/mol. The van der Waals surface area contributed by atoms with Gasteiger partial charge >= 0.3 is 0 Å². The molecule has 3 aromatic rings. The van der Waals surface area contributed by atoms with Crippen molar-refractivity contribution in [3.8, 4) is 5.75 Å². The molecule has 1 amide bonds. The van der Waals surface area contributed by atoms with E-state index in [1.807, 2.05) is 54.8 Å². The zero-order chi connectivity index (χ0) is 23.1. The molecule has 2 N–H and O–H groups in total. The van der Waals surface area contributed by atoms with Gasteiger partial charge in [-0.15, -0.1) is 11.8 Å². The average Bonchev–Trinajstić information content (AvgIpc) is 2.79. The molecule has 1 unspecified atom stereocenters. The van der Waals surface area contributed by atoms with Crippen LogP contribution in [0.25, 0.3) is 0 Å². The van der Waals surface area contributed by atoms with Crippen LogP contribution >= 0.6 is 11.8 Å². The molecule has 1 atom stereocenters. The molecule has 0 saturated heterocycles. The van der Waals surface area contributed by atoms with Gasteiger partial charge in [0.25, 0.3) is 0 Å². The Morgan fingerprint density at radius 2 is 1.78 bits per heavy atom. The molecule has 0 heterocycles. The number of hydrogen-bond donors (Lipinski definition) is 2. The van der Waals surface area contributed by atoms with Gasteiger partial charge in [0.15, 0.2) is 0 Å². The van der Waals surface area contributed by atoms with Gasteiger partial charge < -0.3 is 10.1 Å². The van der Waals surface area contributed by atoms with Gasteiger partial charge in [0, 0.05) is 10.6 Å². The van der Waals surface area contributed by atoms with Gasteiger partial charge in [0.2, 0.25) is 15.9 Å². The summed E-state index contributed by atoms with van der Waals surface area (Å²) < 4.78 is 34.3. The number of rotatable bonds is 9. The number of ether oxygens (including phenoxy) is 1. The molecule has 3 aromatic carbocycles. The van der Waals surface area contributed by atoms with Crippen LogP contribution in [0.3, 0.4) is 0 Å². The fraction of sp³-hybridized carbons (Fsp3) is 0.208. The highest BCUT2D eigenvalue weighted by molar-refractivity contribution is 7.98. The van der Waals surface area contributed by atoms with Crippen molar-refractivity contribution in [1.82, 2.24) is 4.72 Å². The van der Waals surface area contributed by atoms with Gasteiger partial charge in [-0.05, 0) is 61.1 Å². The molecule has 3 rings (SSSR count). The van der Waals surface area contributed by atoms with Crippen molar-refractivity contribution in [2.45, 2.75) is 29.2 Å². The Balaban J connectivity index is 1.92. The summed E-state index contributed by atoms with van der Waals surface area (Å²) in [5.41, 5.74) is 2.21. The number of hydrogen-bond acceptors (Lipinski definition) is 5. The summed E-state index contributed by atoms with van der Waals surface area (Å²) in [7, 11) is -2.62. The summed E-state index contributed by atoms with van der Waals surface area (Å²) >= 11 is 1.56. The van der Waals surface area contributed by atoms with Crippen LogP contribution in [-0.2, 0) is 21.2 Å². The number of nitrogens with one attached hydrogen (secondary N) is 2. The van der Waals surface area contributed by atoms with Crippen molar-refractivity contribution in [3.63, 3.8) is 0 Å². The third kappa shape index (κ3) is 6.12. The Morgan fingerprint density at radius 1 is 1.03 bits per heavy atom. The van der Waals surface area contributed by atoms with E-state index in [0.717, 1.165) is 16.0 Å². The van der Waals surface area contributed by atoms with Gasteiger partial charge in [-0.1, -0.05) is 42.5 Å². The van der Waals surface area contributed by atoms with Crippen LogP contribution in [0.4, 0.5) is 5.69 Å². The van der Waals surface area contributed by atoms with Gasteiger partial charge in [0.1, 0.15) is 16.7 Å². The molecule has 0 aliphatic heterocycles. The quantitative estimate of drug-likeness (QED) is 0.457. The molecule has 0 bridgehead atoms. The predicted octanol–water partition coefficient (Wildman–Crippen LogP) is 4.25. The summed E-state index contributed by atoms with van der Waals surface area (Å²) in [4.78, 5) is 14.2. The van der Waals surface area contributed by atoms with E-state index in [1.165, 1.54) is 13.2 Å². The van der Waals surface area contributed by atoms with Gasteiger partial charge in [0.05, 0.1) is 7.11 Å². The normalized spacial score (nSPS) is 12.2. The molecule has 32 heavy (non-hydrogen) atoms. The minimum Gasteiger partial charge on any atom is -0.495 e. The zero-order valence-electron chi connectivity index (χ0n) is 18.2. The highest BCUT2D eigenvalue weighted by atomic mass is 32.2. The van der Waals surface area contributed by atoms with Crippen LogP contribution in [0.1, 0.15) is 11.1 Å². The fourth-order valence-corrected chi connectivity index (χ4v) is 5.12. The minimum absolute atomic E-state index is 0.00441. The number of thioether (sulfide) groups is 1. The van der Waals surface area contributed by atoms with Crippen LogP contribution in [0.5, 0.6) is 5.75 Å². The summed E-state index contributed by atoms with van der Waals surface area (Å²) in [5.74, 6) is -0.225. The van der Waals surface area contributed by atoms with Gasteiger partial charge in [-0.2, -0.15) is 4.72 Å². The van der Waals surface area contributed by atoms with Crippen LogP contribution in [-0.4, -0.2) is 33.7 Å². The van der Waals surface area contributed by atoms with Crippen molar-refractivity contribution in [2.75, 3.05) is 18.7 Å². The Morgan fingerprint density at radius 3 is 2.47 bits per heavy atom. The van der Waals surface area contributed by atoms with Crippen LogP contribution in [0.15, 0.2) is 82.6 Å². The first-order valence-electron chi connectivity index (χ1n) is 9.98. The Kier molecular flexibility index (Phi) is 7.95. The summed E-state index contributed by atoms with van der Waals surface area (Å²) in [6.45, 7) is 1.80. The van der Waals surface area contributed by atoms with E-state index in [9.17, 15) is 13.2 Å². The number of anilines is 1. The van der Waals surface area contributed by atoms with E-state index >= 15 is 0 Å². The number of carbonyl (C=O) groups is 1. The number of benzene rings is 3. The Hall–Kier alpha value is -2.81. The molecular weight excluding hydrogens is 444 g/mol. The zero-order valence-corrected chi connectivity index (χ0v) is 19.8. The highest BCUT2D eigenvalue weighted by Gasteiger charge is 2.28. The van der Waals surface area contributed by atoms with Crippen molar-refractivity contribution in [1.29, 1.82) is 0 Å². The molecule has 0 saturated carbocycles. The second kappa shape index (κ2) is 10.7. The summed E-state index contributed by atoms with van der Waals surface area (Å²) in [5, 5.41) is 2.84. The number of aryl methyl sites for hydroxylation is 1. The van der Waals surface area contributed by atoms with E-state index < -0.39 is 22.0 Å². The lowest BCUT2D eigenvalue weighted by Crippen LogP contribution is -2.45. The van der Waals surface area contributed by atoms with Crippen molar-refractivity contribution < 1.29 is 17.9 Å². The second-order valence-electron chi connectivity index (χ2n) is 7.24. The monoisotopic (exact) mass is 470 g/mol. The Bertz CT molecular complexity index is 1180. The first-order chi connectivity index (χ1) is 15.3.